The zero-order valence-electron chi connectivity index (χ0n) is 16.2. The van der Waals surface area contributed by atoms with Gasteiger partial charge in [-0.15, -0.1) is 0 Å². The lowest BCUT2D eigenvalue weighted by Crippen LogP contribution is -2.38. The molecule has 2 atom stereocenters. The van der Waals surface area contributed by atoms with Gasteiger partial charge in [0.15, 0.2) is 0 Å². The highest BCUT2D eigenvalue weighted by Crippen LogP contribution is 2.48. The van der Waals surface area contributed by atoms with Gasteiger partial charge in [-0.3, -0.25) is 14.5 Å². The number of benzene rings is 1. The lowest BCUT2D eigenvalue weighted by Gasteiger charge is -2.31. The molecule has 2 aliphatic rings. The topological polar surface area (TPSA) is 37.4 Å². The molecule has 0 radical (unpaired) electrons. The highest BCUT2D eigenvalue weighted by molar-refractivity contribution is 6.13. The Morgan fingerprint density at radius 1 is 0.920 bits per heavy atom. The van der Waals surface area contributed by atoms with Crippen molar-refractivity contribution in [2.24, 2.45) is 11.8 Å². The fourth-order valence-corrected chi connectivity index (χ4v) is 4.58. The molecule has 0 fully saturated rings. The Balaban J connectivity index is 2.18. The van der Waals surface area contributed by atoms with Gasteiger partial charge in [-0.05, 0) is 52.3 Å². The minimum absolute atomic E-state index is 0.135. The molecule has 1 aliphatic heterocycles. The molecule has 3 nitrogen and oxygen atoms in total. The minimum atomic E-state index is -0.174. The molecule has 134 valence electrons. The molecule has 0 saturated heterocycles. The molecule has 2 amide bonds. The fourth-order valence-electron chi connectivity index (χ4n) is 4.58. The predicted octanol–water partition coefficient (Wildman–Crippen LogP) is 4.73. The van der Waals surface area contributed by atoms with Crippen LogP contribution in [0, 0.1) is 11.8 Å². The van der Waals surface area contributed by atoms with Crippen LogP contribution in [0.25, 0.3) is 0 Å². The molecule has 0 bridgehead atoms. The summed E-state index contributed by atoms with van der Waals surface area (Å²) in [5.41, 5.74) is 5.37. The number of fused-ring (bicyclic) bond motifs is 1. The van der Waals surface area contributed by atoms with Gasteiger partial charge >= 0.3 is 0 Å². The van der Waals surface area contributed by atoms with Crippen molar-refractivity contribution in [3.63, 3.8) is 0 Å². The molecule has 0 aromatic heterocycles. The third-order valence-electron chi connectivity index (χ3n) is 5.77. The van der Waals surface area contributed by atoms with E-state index in [-0.39, 0.29) is 23.8 Å². The van der Waals surface area contributed by atoms with Crippen LogP contribution in [0.2, 0.25) is 0 Å². The van der Waals surface area contributed by atoms with Gasteiger partial charge in [0.05, 0.1) is 6.04 Å². The molecule has 0 unspecified atom stereocenters. The van der Waals surface area contributed by atoms with Crippen molar-refractivity contribution in [1.29, 1.82) is 0 Å². The van der Waals surface area contributed by atoms with Crippen LogP contribution in [-0.4, -0.2) is 16.7 Å². The summed E-state index contributed by atoms with van der Waals surface area (Å²) in [7, 11) is 0. The Labute approximate surface area is 151 Å². The molecule has 0 saturated carbocycles. The summed E-state index contributed by atoms with van der Waals surface area (Å²) in [5.74, 6) is 1.24. The van der Waals surface area contributed by atoms with E-state index in [0.717, 1.165) is 6.42 Å². The zero-order valence-corrected chi connectivity index (χ0v) is 16.2. The first-order valence-corrected chi connectivity index (χ1v) is 9.44. The van der Waals surface area contributed by atoms with E-state index in [2.05, 4.69) is 53.7 Å². The first-order valence-electron chi connectivity index (χ1n) is 9.44. The SMILES string of the molecule is CC(C)c1ccc2c(c1C(C)C)C[C@@H](C(C)C)[C@@H]2N1C(=O)C=CC1=O. The summed E-state index contributed by atoms with van der Waals surface area (Å²) in [5, 5.41) is 0. The molecule has 0 spiro atoms. The van der Waals surface area contributed by atoms with Crippen molar-refractivity contribution in [3.05, 3.63) is 46.5 Å². The van der Waals surface area contributed by atoms with Crippen LogP contribution in [-0.2, 0) is 16.0 Å². The summed E-state index contributed by atoms with van der Waals surface area (Å²) in [6.45, 7) is 13.3. The standard InChI is InChI=1S/C22H29NO2/c1-12(2)15-7-8-16-18(21(15)14(5)6)11-17(13(3)4)22(16)23-19(24)9-10-20(23)25/h7-10,12-14,17,22H,11H2,1-6H3/t17-,22+/m0/s1. The van der Waals surface area contributed by atoms with Gasteiger partial charge in [0.25, 0.3) is 11.8 Å². The van der Waals surface area contributed by atoms with Crippen LogP contribution in [0.1, 0.15) is 81.7 Å². The average Bonchev–Trinajstić information content (AvgIpc) is 3.06. The van der Waals surface area contributed by atoms with E-state index in [1.165, 1.54) is 39.3 Å². The van der Waals surface area contributed by atoms with Gasteiger partial charge in [-0.1, -0.05) is 53.7 Å². The van der Waals surface area contributed by atoms with Crippen molar-refractivity contribution >= 4 is 11.8 Å². The molecule has 3 rings (SSSR count). The summed E-state index contributed by atoms with van der Waals surface area (Å²) in [4.78, 5) is 26.2. The van der Waals surface area contributed by atoms with E-state index in [0.29, 0.717) is 17.8 Å². The number of carbonyl (C=O) groups excluding carboxylic acids is 2. The van der Waals surface area contributed by atoms with E-state index in [9.17, 15) is 9.59 Å². The third kappa shape index (κ3) is 2.84. The molecule has 1 aromatic rings. The van der Waals surface area contributed by atoms with Gasteiger partial charge in [-0.25, -0.2) is 0 Å². The Kier molecular flexibility index (Phi) is 4.61. The maximum atomic E-state index is 12.4. The Morgan fingerprint density at radius 2 is 1.52 bits per heavy atom. The summed E-state index contributed by atoms with van der Waals surface area (Å²) in [6, 6.07) is 4.25. The number of hydrogen-bond acceptors (Lipinski definition) is 2. The van der Waals surface area contributed by atoms with Crippen molar-refractivity contribution in [2.75, 3.05) is 0 Å². The molecule has 0 N–H and O–H groups in total. The summed E-state index contributed by atoms with van der Waals surface area (Å²) >= 11 is 0. The first-order chi connectivity index (χ1) is 11.7. The number of rotatable bonds is 4. The lowest BCUT2D eigenvalue weighted by atomic mass is 9.85. The van der Waals surface area contributed by atoms with Crippen LogP contribution >= 0.6 is 0 Å². The number of amides is 2. The molecule has 3 heteroatoms. The van der Waals surface area contributed by atoms with Crippen LogP contribution in [0.5, 0.6) is 0 Å². The van der Waals surface area contributed by atoms with E-state index < -0.39 is 0 Å². The maximum Gasteiger partial charge on any atom is 0.254 e. The van der Waals surface area contributed by atoms with Crippen molar-refractivity contribution < 1.29 is 9.59 Å². The molecular weight excluding hydrogens is 310 g/mol. The van der Waals surface area contributed by atoms with Crippen molar-refractivity contribution in [1.82, 2.24) is 4.90 Å². The van der Waals surface area contributed by atoms with Gasteiger partial charge in [0, 0.05) is 12.2 Å². The van der Waals surface area contributed by atoms with Crippen molar-refractivity contribution in [3.8, 4) is 0 Å². The highest BCUT2D eigenvalue weighted by Gasteiger charge is 2.44. The highest BCUT2D eigenvalue weighted by atomic mass is 16.2. The van der Waals surface area contributed by atoms with E-state index in [1.54, 1.807) is 0 Å². The van der Waals surface area contributed by atoms with E-state index in [4.69, 9.17) is 0 Å². The predicted molar refractivity (Wildman–Crippen MR) is 100 cm³/mol. The molecule has 25 heavy (non-hydrogen) atoms. The minimum Gasteiger partial charge on any atom is -0.269 e. The Bertz CT molecular complexity index is 725. The largest absolute Gasteiger partial charge is 0.269 e. The van der Waals surface area contributed by atoms with Crippen LogP contribution in [0.4, 0.5) is 0 Å². The molecule has 1 aliphatic carbocycles. The summed E-state index contributed by atoms with van der Waals surface area (Å²) in [6.07, 6.45) is 3.76. The number of hydrogen-bond donors (Lipinski definition) is 0. The number of nitrogens with zero attached hydrogens (tertiary/aromatic N) is 1. The van der Waals surface area contributed by atoms with Gasteiger partial charge in [0.1, 0.15) is 0 Å². The van der Waals surface area contributed by atoms with E-state index in [1.807, 2.05) is 0 Å². The maximum absolute atomic E-state index is 12.4. The first kappa shape index (κ1) is 17.9. The summed E-state index contributed by atoms with van der Waals surface area (Å²) < 4.78 is 0. The van der Waals surface area contributed by atoms with Crippen molar-refractivity contribution in [2.45, 2.75) is 65.8 Å². The van der Waals surface area contributed by atoms with E-state index >= 15 is 0 Å². The molecule has 1 heterocycles. The second kappa shape index (κ2) is 6.44. The second-order valence-electron chi connectivity index (χ2n) is 8.38. The molecule has 1 aromatic carbocycles. The molecular formula is C22H29NO2. The normalized spacial score (nSPS) is 22.8. The Morgan fingerprint density at radius 3 is 2.00 bits per heavy atom. The monoisotopic (exact) mass is 339 g/mol. The van der Waals surface area contributed by atoms with Gasteiger partial charge in [0.2, 0.25) is 0 Å². The third-order valence-corrected chi connectivity index (χ3v) is 5.77. The van der Waals surface area contributed by atoms with Crippen LogP contribution in [0.3, 0.4) is 0 Å². The number of imide groups is 1. The second-order valence-corrected chi connectivity index (χ2v) is 8.38. The van der Waals surface area contributed by atoms with Crippen LogP contribution < -0.4 is 0 Å². The fraction of sp³-hybridized carbons (Fsp3) is 0.545. The quantitative estimate of drug-likeness (QED) is 0.744. The smallest absolute Gasteiger partial charge is 0.254 e. The number of carbonyl (C=O) groups is 2. The van der Waals surface area contributed by atoms with Gasteiger partial charge in [-0.2, -0.15) is 0 Å². The van der Waals surface area contributed by atoms with Gasteiger partial charge < -0.3 is 0 Å². The lowest BCUT2D eigenvalue weighted by molar-refractivity contribution is -0.141. The average molecular weight is 339 g/mol. The van der Waals surface area contributed by atoms with Crippen LogP contribution in [0.15, 0.2) is 24.3 Å². The Hall–Kier alpha value is -1.90. The zero-order chi connectivity index (χ0) is 18.5.